The molecule has 0 aliphatic carbocycles. The van der Waals surface area contributed by atoms with Crippen LogP contribution in [0, 0.1) is 0 Å². The van der Waals surface area contributed by atoms with E-state index in [2.05, 4.69) is 10.1 Å². The minimum atomic E-state index is -4.44. The maximum atomic E-state index is 12.2. The van der Waals surface area contributed by atoms with Crippen molar-refractivity contribution in [2.24, 2.45) is 0 Å². The molecule has 19 heavy (non-hydrogen) atoms. The molecular formula is C11H10Cl2F3NO2. The summed E-state index contributed by atoms with van der Waals surface area (Å²) in [6, 6.07) is 2.85. The van der Waals surface area contributed by atoms with E-state index in [1.807, 2.05) is 0 Å². The van der Waals surface area contributed by atoms with Crippen molar-refractivity contribution in [3.05, 3.63) is 33.8 Å². The fourth-order valence-corrected chi connectivity index (χ4v) is 1.67. The summed E-state index contributed by atoms with van der Waals surface area (Å²) in [5, 5.41) is 2.45. The van der Waals surface area contributed by atoms with Crippen LogP contribution in [0.25, 0.3) is 0 Å². The Kier molecular flexibility index (Phi) is 5.46. The number of methoxy groups -OCH3 is 1. The molecule has 0 spiro atoms. The van der Waals surface area contributed by atoms with Gasteiger partial charge in [0, 0.05) is 0 Å². The van der Waals surface area contributed by atoms with Crippen molar-refractivity contribution in [1.82, 2.24) is 5.32 Å². The topological polar surface area (TPSA) is 38.3 Å². The van der Waals surface area contributed by atoms with E-state index in [4.69, 9.17) is 23.2 Å². The summed E-state index contributed by atoms with van der Waals surface area (Å²) in [6.45, 7) is -1.33. The van der Waals surface area contributed by atoms with Gasteiger partial charge in [0.15, 0.2) is 0 Å². The van der Waals surface area contributed by atoms with E-state index < -0.39 is 24.7 Å². The van der Waals surface area contributed by atoms with Gasteiger partial charge in [-0.3, -0.25) is 5.32 Å². The lowest BCUT2D eigenvalue weighted by Crippen LogP contribution is -2.36. The number of benzene rings is 1. The summed E-state index contributed by atoms with van der Waals surface area (Å²) >= 11 is 11.5. The van der Waals surface area contributed by atoms with Gasteiger partial charge in [-0.15, -0.1) is 0 Å². The van der Waals surface area contributed by atoms with E-state index >= 15 is 0 Å². The Bertz CT molecular complexity index is 466. The van der Waals surface area contributed by atoms with Crippen LogP contribution in [0.15, 0.2) is 18.2 Å². The normalized spacial score (nSPS) is 13.2. The molecule has 1 N–H and O–H groups in total. The third kappa shape index (κ3) is 4.89. The zero-order chi connectivity index (χ0) is 14.6. The number of carbonyl (C=O) groups is 1. The number of alkyl halides is 3. The van der Waals surface area contributed by atoms with E-state index in [9.17, 15) is 18.0 Å². The van der Waals surface area contributed by atoms with Gasteiger partial charge in [-0.05, 0) is 17.7 Å². The van der Waals surface area contributed by atoms with Crippen molar-refractivity contribution >= 4 is 29.2 Å². The monoisotopic (exact) mass is 315 g/mol. The minimum Gasteiger partial charge on any atom is -0.468 e. The highest BCUT2D eigenvalue weighted by molar-refractivity contribution is 6.42. The number of halogens is 5. The molecule has 0 heterocycles. The molecule has 1 rings (SSSR count). The van der Waals surface area contributed by atoms with Crippen LogP contribution in [0.4, 0.5) is 13.2 Å². The second-order valence-corrected chi connectivity index (χ2v) is 4.44. The lowest BCUT2D eigenvalue weighted by atomic mass is 10.1. The van der Waals surface area contributed by atoms with E-state index in [0.717, 1.165) is 7.11 Å². The molecule has 1 atom stereocenters. The Hall–Kier alpha value is -0.980. The summed E-state index contributed by atoms with van der Waals surface area (Å²) in [6.07, 6.45) is -4.44. The second kappa shape index (κ2) is 6.45. The number of carbonyl (C=O) groups excluding carboxylic acids is 1. The Morgan fingerprint density at radius 2 is 2.00 bits per heavy atom. The maximum absolute atomic E-state index is 12.2. The van der Waals surface area contributed by atoms with E-state index in [1.165, 1.54) is 18.2 Å². The predicted octanol–water partition coefficient (Wildman–Crippen LogP) is 3.36. The van der Waals surface area contributed by atoms with Crippen LogP contribution in [0.5, 0.6) is 0 Å². The van der Waals surface area contributed by atoms with Gasteiger partial charge in [0.25, 0.3) is 0 Å². The molecule has 0 amide bonds. The highest BCUT2D eigenvalue weighted by Crippen LogP contribution is 2.26. The van der Waals surface area contributed by atoms with Gasteiger partial charge in [0.2, 0.25) is 0 Å². The zero-order valence-corrected chi connectivity index (χ0v) is 11.2. The molecule has 0 aliphatic rings. The molecule has 8 heteroatoms. The molecule has 1 aromatic rings. The van der Waals surface area contributed by atoms with Crippen molar-refractivity contribution in [3.8, 4) is 0 Å². The molecule has 0 saturated carbocycles. The summed E-state index contributed by atoms with van der Waals surface area (Å²) in [5.74, 6) is -0.845. The van der Waals surface area contributed by atoms with Gasteiger partial charge in [-0.25, -0.2) is 4.79 Å². The lowest BCUT2D eigenvalue weighted by Gasteiger charge is -2.18. The molecule has 0 saturated heterocycles. The molecule has 106 valence electrons. The van der Waals surface area contributed by atoms with Crippen LogP contribution in [0.3, 0.4) is 0 Å². The van der Waals surface area contributed by atoms with Gasteiger partial charge in [-0.2, -0.15) is 13.2 Å². The first kappa shape index (κ1) is 16.1. The molecule has 3 nitrogen and oxygen atoms in total. The number of ether oxygens (including phenoxy) is 1. The Labute approximate surface area is 117 Å². The van der Waals surface area contributed by atoms with Crippen LogP contribution < -0.4 is 5.32 Å². The molecule has 0 fully saturated rings. The van der Waals surface area contributed by atoms with Crippen molar-refractivity contribution < 1.29 is 22.7 Å². The molecule has 0 aliphatic heterocycles. The van der Waals surface area contributed by atoms with Gasteiger partial charge in [-0.1, -0.05) is 29.3 Å². The zero-order valence-electron chi connectivity index (χ0n) is 9.72. The van der Waals surface area contributed by atoms with Crippen molar-refractivity contribution in [2.45, 2.75) is 12.2 Å². The van der Waals surface area contributed by atoms with Crippen LogP contribution in [0.1, 0.15) is 11.6 Å². The van der Waals surface area contributed by atoms with Gasteiger partial charge in [0.05, 0.1) is 23.7 Å². The Morgan fingerprint density at radius 1 is 1.37 bits per heavy atom. The van der Waals surface area contributed by atoms with Crippen LogP contribution in [0.2, 0.25) is 10.0 Å². The van der Waals surface area contributed by atoms with Gasteiger partial charge in [0.1, 0.15) is 6.04 Å². The predicted molar refractivity (Wildman–Crippen MR) is 65.3 cm³/mol. The van der Waals surface area contributed by atoms with Gasteiger partial charge >= 0.3 is 12.1 Å². The standard InChI is InChI=1S/C11H10Cl2F3NO2/c1-19-10(18)9(17-5-11(14,15)16)6-2-3-7(12)8(13)4-6/h2-4,9,17H,5H2,1H3. The lowest BCUT2D eigenvalue weighted by molar-refractivity contribution is -0.146. The van der Waals surface area contributed by atoms with Crippen molar-refractivity contribution in [2.75, 3.05) is 13.7 Å². The van der Waals surface area contributed by atoms with Gasteiger partial charge < -0.3 is 4.74 Å². The molecule has 1 aromatic carbocycles. The SMILES string of the molecule is COC(=O)C(NCC(F)(F)F)c1ccc(Cl)c(Cl)c1. The third-order valence-electron chi connectivity index (χ3n) is 2.22. The van der Waals surface area contributed by atoms with Crippen molar-refractivity contribution in [1.29, 1.82) is 0 Å². The molecular weight excluding hydrogens is 306 g/mol. The number of rotatable bonds is 4. The first-order valence-electron chi connectivity index (χ1n) is 5.07. The Balaban J connectivity index is 2.96. The first-order chi connectivity index (χ1) is 8.74. The van der Waals surface area contributed by atoms with Crippen LogP contribution >= 0.6 is 23.2 Å². The third-order valence-corrected chi connectivity index (χ3v) is 2.96. The average Bonchev–Trinajstić information content (AvgIpc) is 2.32. The number of esters is 1. The average molecular weight is 316 g/mol. The summed E-state index contributed by atoms with van der Waals surface area (Å²) in [5.41, 5.74) is 0.241. The molecule has 0 bridgehead atoms. The highest BCUT2D eigenvalue weighted by atomic mass is 35.5. The summed E-state index contributed by atoms with van der Waals surface area (Å²) in [4.78, 5) is 11.5. The second-order valence-electron chi connectivity index (χ2n) is 3.63. The van der Waals surface area contributed by atoms with E-state index in [0.29, 0.717) is 0 Å². The fourth-order valence-electron chi connectivity index (χ4n) is 1.36. The number of nitrogens with one attached hydrogen (secondary N) is 1. The quantitative estimate of drug-likeness (QED) is 0.866. The molecule has 0 aromatic heterocycles. The smallest absolute Gasteiger partial charge is 0.401 e. The Morgan fingerprint density at radius 3 is 2.47 bits per heavy atom. The minimum absolute atomic E-state index is 0.141. The molecule has 1 unspecified atom stereocenters. The highest BCUT2D eigenvalue weighted by Gasteiger charge is 2.31. The van der Waals surface area contributed by atoms with Crippen molar-refractivity contribution in [3.63, 3.8) is 0 Å². The summed E-state index contributed by atoms with van der Waals surface area (Å²) in [7, 11) is 1.09. The molecule has 0 radical (unpaired) electrons. The number of hydrogen-bond acceptors (Lipinski definition) is 3. The summed E-state index contributed by atoms with van der Waals surface area (Å²) < 4.78 is 41.0. The largest absolute Gasteiger partial charge is 0.468 e. The first-order valence-corrected chi connectivity index (χ1v) is 5.83. The van der Waals surface area contributed by atoms with Crippen LogP contribution in [-0.4, -0.2) is 25.8 Å². The van der Waals surface area contributed by atoms with Crippen LogP contribution in [-0.2, 0) is 9.53 Å². The van der Waals surface area contributed by atoms with E-state index in [-0.39, 0.29) is 15.6 Å². The fraction of sp³-hybridized carbons (Fsp3) is 0.364. The maximum Gasteiger partial charge on any atom is 0.401 e. The van der Waals surface area contributed by atoms with E-state index in [1.54, 1.807) is 0 Å². The number of hydrogen-bond donors (Lipinski definition) is 1.